The first-order chi connectivity index (χ1) is 11.5. The third kappa shape index (κ3) is 2.94. The lowest BCUT2D eigenvalue weighted by atomic mass is 10.0. The summed E-state index contributed by atoms with van der Waals surface area (Å²) in [6.07, 6.45) is 1.49. The number of Topliss-reactive ketones (excluding diaryl/α,β-unsaturated/α-hetero) is 1. The Morgan fingerprint density at radius 1 is 1.08 bits per heavy atom. The number of carbonyl (C=O) groups is 2. The van der Waals surface area contributed by atoms with Crippen molar-refractivity contribution in [3.05, 3.63) is 77.2 Å². The number of rotatable bonds is 4. The highest BCUT2D eigenvalue weighted by Gasteiger charge is 2.17. The fraction of sp³-hybridized carbons (Fsp3) is 0.0556. The van der Waals surface area contributed by atoms with E-state index in [4.69, 9.17) is 5.73 Å². The van der Waals surface area contributed by atoms with Crippen LogP contribution in [-0.2, 0) is 0 Å². The van der Waals surface area contributed by atoms with Gasteiger partial charge in [-0.3, -0.25) is 9.59 Å². The molecule has 24 heavy (non-hydrogen) atoms. The lowest BCUT2D eigenvalue weighted by Crippen LogP contribution is -2.05. The first kappa shape index (κ1) is 15.6. The molecule has 5 nitrogen and oxygen atoms in total. The molecule has 1 aromatic heterocycles. The van der Waals surface area contributed by atoms with Gasteiger partial charge in [0.25, 0.3) is 0 Å². The van der Waals surface area contributed by atoms with Gasteiger partial charge in [0.1, 0.15) is 5.82 Å². The van der Waals surface area contributed by atoms with E-state index < -0.39 is 0 Å². The van der Waals surface area contributed by atoms with Crippen LogP contribution in [0.25, 0.3) is 5.69 Å². The van der Waals surface area contributed by atoms with Gasteiger partial charge in [-0.1, -0.05) is 18.2 Å². The Hall–Kier alpha value is -3.28. The van der Waals surface area contributed by atoms with E-state index in [1.807, 2.05) is 0 Å². The van der Waals surface area contributed by atoms with Crippen molar-refractivity contribution in [1.29, 1.82) is 0 Å². The molecule has 0 radical (unpaired) electrons. The first-order valence-electron chi connectivity index (χ1n) is 7.22. The first-order valence-corrected chi connectivity index (χ1v) is 7.22. The van der Waals surface area contributed by atoms with Crippen molar-refractivity contribution in [3.63, 3.8) is 0 Å². The van der Waals surface area contributed by atoms with Crippen molar-refractivity contribution in [3.8, 4) is 5.69 Å². The van der Waals surface area contributed by atoms with Crippen molar-refractivity contribution < 1.29 is 14.0 Å². The van der Waals surface area contributed by atoms with Gasteiger partial charge in [-0.05, 0) is 37.3 Å². The molecular formula is C18H14FN3O2. The zero-order chi connectivity index (χ0) is 17.3. The van der Waals surface area contributed by atoms with E-state index in [0.717, 1.165) is 0 Å². The number of halogens is 1. The van der Waals surface area contributed by atoms with Crippen LogP contribution in [0.2, 0.25) is 0 Å². The van der Waals surface area contributed by atoms with E-state index >= 15 is 0 Å². The number of anilines is 1. The minimum Gasteiger partial charge on any atom is -0.382 e. The Labute approximate surface area is 137 Å². The number of hydrogen-bond donors (Lipinski definition) is 1. The molecule has 2 aromatic carbocycles. The average molecular weight is 323 g/mol. The summed E-state index contributed by atoms with van der Waals surface area (Å²) < 4.78 is 14.4. The van der Waals surface area contributed by atoms with Crippen LogP contribution in [0.5, 0.6) is 0 Å². The summed E-state index contributed by atoms with van der Waals surface area (Å²) in [6, 6.07) is 12.1. The van der Waals surface area contributed by atoms with Crippen molar-refractivity contribution in [2.75, 3.05) is 5.73 Å². The SMILES string of the molecule is CC(=O)c1cccc(C(=O)c2cn(-c3ccc(F)cc3)nc2N)c1. The Kier molecular flexibility index (Phi) is 3.95. The second-order valence-corrected chi connectivity index (χ2v) is 5.32. The molecule has 0 aliphatic heterocycles. The zero-order valence-corrected chi connectivity index (χ0v) is 12.9. The molecule has 2 N–H and O–H groups in total. The number of hydrogen-bond acceptors (Lipinski definition) is 4. The van der Waals surface area contributed by atoms with Gasteiger partial charge < -0.3 is 5.73 Å². The maximum atomic E-state index is 13.0. The highest BCUT2D eigenvalue weighted by atomic mass is 19.1. The van der Waals surface area contributed by atoms with Crippen LogP contribution >= 0.6 is 0 Å². The molecule has 3 aromatic rings. The van der Waals surface area contributed by atoms with Gasteiger partial charge in [0, 0.05) is 17.3 Å². The Morgan fingerprint density at radius 2 is 1.75 bits per heavy atom. The molecule has 0 saturated heterocycles. The Morgan fingerprint density at radius 3 is 2.42 bits per heavy atom. The van der Waals surface area contributed by atoms with Crippen LogP contribution in [0.1, 0.15) is 33.2 Å². The maximum absolute atomic E-state index is 13.0. The van der Waals surface area contributed by atoms with Crippen LogP contribution in [0, 0.1) is 5.82 Å². The van der Waals surface area contributed by atoms with E-state index in [0.29, 0.717) is 16.8 Å². The van der Waals surface area contributed by atoms with Crippen molar-refractivity contribution in [1.82, 2.24) is 9.78 Å². The van der Waals surface area contributed by atoms with Gasteiger partial charge >= 0.3 is 0 Å². The minimum atomic E-state index is -0.365. The predicted molar refractivity (Wildman–Crippen MR) is 87.8 cm³/mol. The molecule has 0 amide bonds. The summed E-state index contributed by atoms with van der Waals surface area (Å²) >= 11 is 0. The van der Waals surface area contributed by atoms with Gasteiger partial charge in [0.2, 0.25) is 0 Å². The highest BCUT2D eigenvalue weighted by molar-refractivity contribution is 6.12. The fourth-order valence-electron chi connectivity index (χ4n) is 2.32. The Balaban J connectivity index is 1.98. The van der Waals surface area contributed by atoms with Crippen LogP contribution in [0.15, 0.2) is 54.7 Å². The molecule has 0 saturated carbocycles. The van der Waals surface area contributed by atoms with Crippen molar-refractivity contribution in [2.24, 2.45) is 0 Å². The average Bonchev–Trinajstić information content (AvgIpc) is 2.96. The monoisotopic (exact) mass is 323 g/mol. The van der Waals surface area contributed by atoms with E-state index in [2.05, 4.69) is 5.10 Å². The summed E-state index contributed by atoms with van der Waals surface area (Å²) in [6.45, 7) is 1.44. The fourth-order valence-corrected chi connectivity index (χ4v) is 2.32. The van der Waals surface area contributed by atoms with Gasteiger partial charge in [0.05, 0.1) is 11.3 Å². The largest absolute Gasteiger partial charge is 0.382 e. The maximum Gasteiger partial charge on any atom is 0.198 e. The molecule has 0 aliphatic carbocycles. The third-order valence-corrected chi connectivity index (χ3v) is 3.61. The number of aromatic nitrogens is 2. The van der Waals surface area contributed by atoms with E-state index in [1.165, 1.54) is 48.1 Å². The molecule has 0 bridgehead atoms. The van der Waals surface area contributed by atoms with Gasteiger partial charge in [-0.25, -0.2) is 9.07 Å². The number of benzene rings is 2. The predicted octanol–water partition coefficient (Wildman–Crippen LogP) is 3.03. The molecule has 120 valence electrons. The number of ketones is 2. The van der Waals surface area contributed by atoms with Gasteiger partial charge in [0.15, 0.2) is 17.4 Å². The standard InChI is InChI=1S/C18H14FN3O2/c1-11(23)12-3-2-4-13(9-12)17(24)16-10-22(21-18(16)20)15-7-5-14(19)6-8-15/h2-10H,1H3,(H2,20,21). The van der Waals surface area contributed by atoms with E-state index in [1.54, 1.807) is 18.2 Å². The normalized spacial score (nSPS) is 10.6. The molecule has 0 spiro atoms. The van der Waals surface area contributed by atoms with Crippen LogP contribution in [-0.4, -0.2) is 21.3 Å². The molecule has 0 aliphatic rings. The van der Waals surface area contributed by atoms with Gasteiger partial charge in [-0.2, -0.15) is 0 Å². The smallest absolute Gasteiger partial charge is 0.198 e. The molecule has 0 unspecified atom stereocenters. The number of nitrogen functional groups attached to an aromatic ring is 1. The molecule has 6 heteroatoms. The third-order valence-electron chi connectivity index (χ3n) is 3.61. The lowest BCUT2D eigenvalue weighted by Gasteiger charge is -2.01. The second kappa shape index (κ2) is 6.08. The van der Waals surface area contributed by atoms with Crippen LogP contribution in [0.4, 0.5) is 10.2 Å². The van der Waals surface area contributed by atoms with Crippen molar-refractivity contribution in [2.45, 2.75) is 6.92 Å². The summed E-state index contributed by atoms with van der Waals surface area (Å²) in [5, 5.41) is 4.10. The van der Waals surface area contributed by atoms with E-state index in [9.17, 15) is 14.0 Å². The quantitative estimate of drug-likeness (QED) is 0.749. The number of nitrogens with zero attached hydrogens (tertiary/aromatic N) is 2. The van der Waals surface area contributed by atoms with Crippen molar-refractivity contribution >= 4 is 17.4 Å². The lowest BCUT2D eigenvalue weighted by molar-refractivity contribution is 0.101. The minimum absolute atomic E-state index is 0.0672. The number of carbonyl (C=O) groups excluding carboxylic acids is 2. The molecular weight excluding hydrogens is 309 g/mol. The second-order valence-electron chi connectivity index (χ2n) is 5.32. The summed E-state index contributed by atoms with van der Waals surface area (Å²) in [7, 11) is 0. The molecule has 3 rings (SSSR count). The summed E-state index contributed by atoms with van der Waals surface area (Å²) in [5.74, 6) is -0.752. The van der Waals surface area contributed by atoms with Crippen LogP contribution < -0.4 is 5.73 Å². The molecule has 0 fully saturated rings. The summed E-state index contributed by atoms with van der Waals surface area (Å²) in [4.78, 5) is 24.1. The summed E-state index contributed by atoms with van der Waals surface area (Å²) in [5.41, 5.74) is 7.46. The van der Waals surface area contributed by atoms with E-state index in [-0.39, 0.29) is 28.8 Å². The van der Waals surface area contributed by atoms with Gasteiger partial charge in [-0.15, -0.1) is 5.10 Å². The van der Waals surface area contributed by atoms with Crippen LogP contribution in [0.3, 0.4) is 0 Å². The Bertz CT molecular complexity index is 930. The number of nitrogens with two attached hydrogens (primary N) is 1. The highest BCUT2D eigenvalue weighted by Crippen LogP contribution is 2.19. The molecule has 0 atom stereocenters. The zero-order valence-electron chi connectivity index (χ0n) is 12.9. The molecule has 1 heterocycles. The topological polar surface area (TPSA) is 78.0 Å².